The lowest BCUT2D eigenvalue weighted by atomic mass is 10.2. The predicted molar refractivity (Wildman–Crippen MR) is 64.3 cm³/mol. The summed E-state index contributed by atoms with van der Waals surface area (Å²) in [5.74, 6) is 1.46. The number of carbonyl (C=O) groups is 1. The fraction of sp³-hybridized carbons (Fsp3) is 0.545. The van der Waals surface area contributed by atoms with Crippen molar-refractivity contribution in [1.29, 1.82) is 0 Å². The highest BCUT2D eigenvalue weighted by atomic mass is 16.2. The van der Waals surface area contributed by atoms with E-state index in [-0.39, 0.29) is 11.9 Å². The van der Waals surface area contributed by atoms with Crippen LogP contribution in [0.25, 0.3) is 0 Å². The molecule has 7 nitrogen and oxygen atoms in total. The SMILES string of the molecule is CCCc1nc(C(C)C)n(C(=O)n2cncn2)n1. The normalized spacial score (nSPS) is 11.1. The highest BCUT2D eigenvalue weighted by Crippen LogP contribution is 2.13. The quantitative estimate of drug-likeness (QED) is 0.821. The largest absolute Gasteiger partial charge is 0.372 e. The first-order valence-electron chi connectivity index (χ1n) is 5.98. The average Bonchev–Trinajstić information content (AvgIpc) is 2.97. The van der Waals surface area contributed by atoms with E-state index in [4.69, 9.17) is 0 Å². The molecule has 0 unspecified atom stereocenters. The van der Waals surface area contributed by atoms with Crippen molar-refractivity contribution in [3.05, 3.63) is 24.3 Å². The number of hydrogen-bond acceptors (Lipinski definition) is 5. The molecule has 0 bridgehead atoms. The Labute approximate surface area is 105 Å². The lowest BCUT2D eigenvalue weighted by molar-refractivity contribution is 0.237. The van der Waals surface area contributed by atoms with Crippen molar-refractivity contribution >= 4 is 6.03 Å². The van der Waals surface area contributed by atoms with Gasteiger partial charge in [-0.3, -0.25) is 0 Å². The molecule has 0 aromatic carbocycles. The van der Waals surface area contributed by atoms with Gasteiger partial charge in [0.25, 0.3) is 0 Å². The minimum Gasteiger partial charge on any atom is -0.243 e. The van der Waals surface area contributed by atoms with Crippen molar-refractivity contribution in [2.45, 2.75) is 39.5 Å². The van der Waals surface area contributed by atoms with Gasteiger partial charge in [0.2, 0.25) is 0 Å². The lowest BCUT2D eigenvalue weighted by Crippen LogP contribution is -2.23. The first-order valence-corrected chi connectivity index (χ1v) is 5.98. The van der Waals surface area contributed by atoms with Crippen molar-refractivity contribution < 1.29 is 4.79 Å². The fourth-order valence-electron chi connectivity index (χ4n) is 1.62. The van der Waals surface area contributed by atoms with E-state index in [1.54, 1.807) is 0 Å². The summed E-state index contributed by atoms with van der Waals surface area (Å²) in [7, 11) is 0. The summed E-state index contributed by atoms with van der Waals surface area (Å²) >= 11 is 0. The highest BCUT2D eigenvalue weighted by Gasteiger charge is 2.19. The van der Waals surface area contributed by atoms with Gasteiger partial charge in [0.1, 0.15) is 18.5 Å². The Morgan fingerprint density at radius 3 is 2.78 bits per heavy atom. The average molecular weight is 248 g/mol. The highest BCUT2D eigenvalue weighted by molar-refractivity contribution is 5.77. The van der Waals surface area contributed by atoms with Gasteiger partial charge in [-0.05, 0) is 6.42 Å². The number of carbonyl (C=O) groups excluding carboxylic acids is 1. The first kappa shape index (κ1) is 12.4. The van der Waals surface area contributed by atoms with E-state index in [1.165, 1.54) is 17.3 Å². The first-order chi connectivity index (χ1) is 8.63. The molecular weight excluding hydrogens is 232 g/mol. The van der Waals surface area contributed by atoms with Crippen LogP contribution in [0.5, 0.6) is 0 Å². The molecule has 0 amide bonds. The van der Waals surface area contributed by atoms with Crippen LogP contribution in [0.2, 0.25) is 0 Å². The number of nitrogens with zero attached hydrogens (tertiary/aromatic N) is 6. The van der Waals surface area contributed by atoms with Gasteiger partial charge in [-0.1, -0.05) is 20.8 Å². The second-order valence-corrected chi connectivity index (χ2v) is 4.33. The van der Waals surface area contributed by atoms with Crippen molar-refractivity contribution in [1.82, 2.24) is 29.5 Å². The molecule has 2 rings (SSSR count). The monoisotopic (exact) mass is 248 g/mol. The van der Waals surface area contributed by atoms with Crippen LogP contribution in [-0.2, 0) is 6.42 Å². The molecule has 0 aliphatic carbocycles. The Morgan fingerprint density at radius 2 is 2.22 bits per heavy atom. The van der Waals surface area contributed by atoms with Gasteiger partial charge < -0.3 is 0 Å². The molecule has 0 saturated carbocycles. The van der Waals surface area contributed by atoms with Gasteiger partial charge in [-0.2, -0.15) is 14.5 Å². The Bertz CT molecular complexity index is 528. The molecule has 2 heterocycles. The summed E-state index contributed by atoms with van der Waals surface area (Å²) in [6, 6.07) is -0.356. The van der Waals surface area contributed by atoms with Gasteiger partial charge in [-0.25, -0.2) is 14.8 Å². The summed E-state index contributed by atoms with van der Waals surface area (Å²) in [5, 5.41) is 8.06. The van der Waals surface area contributed by atoms with Crippen LogP contribution in [0.15, 0.2) is 12.7 Å². The molecule has 0 saturated heterocycles. The van der Waals surface area contributed by atoms with E-state index in [1.807, 2.05) is 13.8 Å². The van der Waals surface area contributed by atoms with E-state index in [0.717, 1.165) is 17.5 Å². The smallest absolute Gasteiger partial charge is 0.243 e. The van der Waals surface area contributed by atoms with Gasteiger partial charge in [0.05, 0.1) is 0 Å². The van der Waals surface area contributed by atoms with E-state index in [9.17, 15) is 4.79 Å². The van der Waals surface area contributed by atoms with E-state index < -0.39 is 0 Å². The lowest BCUT2D eigenvalue weighted by Gasteiger charge is -2.05. The Morgan fingerprint density at radius 1 is 1.44 bits per heavy atom. The molecule has 96 valence electrons. The maximum Gasteiger partial charge on any atom is 0.372 e. The third kappa shape index (κ3) is 2.29. The molecular formula is C11H16N6O. The van der Waals surface area contributed by atoms with E-state index in [2.05, 4.69) is 27.1 Å². The number of aryl methyl sites for hydroxylation is 1. The molecule has 0 N–H and O–H groups in total. The zero-order valence-corrected chi connectivity index (χ0v) is 10.7. The molecule has 0 spiro atoms. The van der Waals surface area contributed by atoms with Crippen molar-refractivity contribution in [2.24, 2.45) is 0 Å². The standard InChI is InChI=1S/C11H16N6O/c1-4-5-9-14-10(8(2)3)17(15-9)11(18)16-7-12-6-13-16/h6-8H,4-5H2,1-3H3. The number of aromatic nitrogens is 6. The Hall–Kier alpha value is -2.05. The maximum absolute atomic E-state index is 12.2. The number of hydrogen-bond donors (Lipinski definition) is 0. The maximum atomic E-state index is 12.2. The third-order valence-electron chi connectivity index (χ3n) is 2.46. The van der Waals surface area contributed by atoms with Crippen molar-refractivity contribution in [2.75, 3.05) is 0 Å². The van der Waals surface area contributed by atoms with Crippen LogP contribution >= 0.6 is 0 Å². The molecule has 0 fully saturated rings. The Balaban J connectivity index is 2.39. The zero-order chi connectivity index (χ0) is 13.1. The van der Waals surface area contributed by atoms with Crippen LogP contribution < -0.4 is 0 Å². The fourth-order valence-corrected chi connectivity index (χ4v) is 1.62. The van der Waals surface area contributed by atoms with Crippen LogP contribution in [-0.4, -0.2) is 35.6 Å². The topological polar surface area (TPSA) is 78.5 Å². The zero-order valence-electron chi connectivity index (χ0n) is 10.7. The summed E-state index contributed by atoms with van der Waals surface area (Å²) in [6.07, 6.45) is 4.38. The van der Waals surface area contributed by atoms with E-state index in [0.29, 0.717) is 11.6 Å². The van der Waals surface area contributed by atoms with Gasteiger partial charge >= 0.3 is 6.03 Å². The van der Waals surface area contributed by atoms with Crippen LogP contribution in [0.4, 0.5) is 4.79 Å². The minimum absolute atomic E-state index is 0.121. The third-order valence-corrected chi connectivity index (χ3v) is 2.46. The summed E-state index contributed by atoms with van der Waals surface area (Å²) in [5.41, 5.74) is 0. The van der Waals surface area contributed by atoms with Gasteiger partial charge in [0.15, 0.2) is 5.82 Å². The molecule has 18 heavy (non-hydrogen) atoms. The second-order valence-electron chi connectivity index (χ2n) is 4.33. The van der Waals surface area contributed by atoms with Crippen LogP contribution in [0.1, 0.15) is 44.8 Å². The number of rotatable bonds is 3. The Kier molecular flexibility index (Phi) is 3.50. The molecule has 0 aliphatic heterocycles. The molecule has 2 aromatic heterocycles. The molecule has 0 radical (unpaired) electrons. The molecule has 0 aliphatic rings. The predicted octanol–water partition coefficient (Wildman–Crippen LogP) is 1.46. The van der Waals surface area contributed by atoms with E-state index >= 15 is 0 Å². The summed E-state index contributed by atoms with van der Waals surface area (Å²) < 4.78 is 2.46. The van der Waals surface area contributed by atoms with Gasteiger partial charge in [-0.15, -0.1) is 5.10 Å². The van der Waals surface area contributed by atoms with Gasteiger partial charge in [0, 0.05) is 12.3 Å². The van der Waals surface area contributed by atoms with Crippen molar-refractivity contribution in [3.63, 3.8) is 0 Å². The molecule has 2 aromatic rings. The van der Waals surface area contributed by atoms with Crippen LogP contribution in [0, 0.1) is 0 Å². The van der Waals surface area contributed by atoms with Crippen molar-refractivity contribution in [3.8, 4) is 0 Å². The minimum atomic E-state index is -0.356. The molecule has 7 heteroatoms. The summed E-state index contributed by atoms with van der Waals surface area (Å²) in [6.45, 7) is 6.00. The van der Waals surface area contributed by atoms with Crippen LogP contribution in [0.3, 0.4) is 0 Å². The summed E-state index contributed by atoms with van der Waals surface area (Å²) in [4.78, 5) is 20.3. The second kappa shape index (κ2) is 5.07. The molecule has 0 atom stereocenters.